The van der Waals surface area contributed by atoms with E-state index in [0.717, 1.165) is 17.0 Å². The van der Waals surface area contributed by atoms with Crippen molar-refractivity contribution in [2.75, 3.05) is 5.73 Å². The fourth-order valence-electron chi connectivity index (χ4n) is 2.50. The van der Waals surface area contributed by atoms with Gasteiger partial charge in [0.25, 0.3) is 0 Å². The molecule has 0 unspecified atom stereocenters. The second-order valence-electron chi connectivity index (χ2n) is 5.95. The predicted octanol–water partition coefficient (Wildman–Crippen LogP) is 2.91. The van der Waals surface area contributed by atoms with Gasteiger partial charge in [0.15, 0.2) is 5.78 Å². The number of hydrogen-bond acceptors (Lipinski definition) is 6. The van der Waals surface area contributed by atoms with Crippen LogP contribution in [-0.4, -0.2) is 15.8 Å². The summed E-state index contributed by atoms with van der Waals surface area (Å²) in [6.07, 6.45) is 5.11. The lowest BCUT2D eigenvalue weighted by molar-refractivity contribution is 0.104. The van der Waals surface area contributed by atoms with Crippen LogP contribution >= 0.6 is 0 Å². The van der Waals surface area contributed by atoms with Crippen molar-refractivity contribution in [1.82, 2.24) is 9.97 Å². The molecule has 0 amide bonds. The molecule has 0 aliphatic heterocycles. The summed E-state index contributed by atoms with van der Waals surface area (Å²) in [5.74, 6) is 0.681. The van der Waals surface area contributed by atoms with Crippen molar-refractivity contribution in [2.45, 2.75) is 13.0 Å². The van der Waals surface area contributed by atoms with Crippen molar-refractivity contribution in [2.24, 2.45) is 5.73 Å². The lowest BCUT2D eigenvalue weighted by Crippen LogP contribution is -2.08. The molecule has 2 aromatic heterocycles. The van der Waals surface area contributed by atoms with E-state index in [1.165, 1.54) is 12.3 Å². The lowest BCUT2D eigenvalue weighted by Gasteiger charge is -2.07. The maximum absolute atomic E-state index is 12.2. The van der Waals surface area contributed by atoms with Crippen LogP contribution in [0.1, 0.15) is 21.6 Å². The standard InChI is InChI=1S/C21H20N4O2/c22-16(13-20(26)19-5-3-11-25-21(19)23)12-15-6-8-18(9-7-15)27-14-17-4-1-2-10-24-17/h1-11,13H,12,14,22H2,(H2,23,25). The number of ketones is 1. The molecule has 0 fully saturated rings. The summed E-state index contributed by atoms with van der Waals surface area (Å²) in [6.45, 7) is 0.406. The van der Waals surface area contributed by atoms with Crippen LogP contribution in [0.15, 0.2) is 78.8 Å². The monoisotopic (exact) mass is 360 g/mol. The maximum atomic E-state index is 12.2. The Morgan fingerprint density at radius 2 is 1.78 bits per heavy atom. The van der Waals surface area contributed by atoms with Crippen molar-refractivity contribution in [1.29, 1.82) is 0 Å². The van der Waals surface area contributed by atoms with Crippen molar-refractivity contribution in [3.63, 3.8) is 0 Å². The third-order valence-corrected chi connectivity index (χ3v) is 3.86. The molecule has 27 heavy (non-hydrogen) atoms. The van der Waals surface area contributed by atoms with E-state index in [1.807, 2.05) is 42.5 Å². The number of nitrogen functional groups attached to an aromatic ring is 1. The average Bonchev–Trinajstić information content (AvgIpc) is 2.68. The summed E-state index contributed by atoms with van der Waals surface area (Å²) in [6, 6.07) is 16.5. The first-order valence-electron chi connectivity index (χ1n) is 8.44. The Morgan fingerprint density at radius 3 is 2.48 bits per heavy atom. The van der Waals surface area contributed by atoms with Crippen LogP contribution in [0.3, 0.4) is 0 Å². The topological polar surface area (TPSA) is 104 Å². The van der Waals surface area contributed by atoms with Gasteiger partial charge >= 0.3 is 0 Å². The highest BCUT2D eigenvalue weighted by atomic mass is 16.5. The Morgan fingerprint density at radius 1 is 1.00 bits per heavy atom. The second-order valence-corrected chi connectivity index (χ2v) is 5.95. The molecule has 0 radical (unpaired) electrons. The van der Waals surface area contributed by atoms with Gasteiger partial charge in [-0.15, -0.1) is 0 Å². The minimum atomic E-state index is -0.256. The minimum Gasteiger partial charge on any atom is -0.487 e. The molecule has 0 saturated carbocycles. The first-order chi connectivity index (χ1) is 13.1. The van der Waals surface area contributed by atoms with E-state index in [2.05, 4.69) is 9.97 Å². The summed E-state index contributed by atoms with van der Waals surface area (Å²) in [5.41, 5.74) is 14.4. The molecule has 6 heteroatoms. The van der Waals surface area contributed by atoms with E-state index < -0.39 is 0 Å². The molecular formula is C21H20N4O2. The summed E-state index contributed by atoms with van der Waals surface area (Å²) in [7, 11) is 0. The average molecular weight is 360 g/mol. The smallest absolute Gasteiger partial charge is 0.191 e. The van der Waals surface area contributed by atoms with Gasteiger partial charge < -0.3 is 16.2 Å². The molecule has 0 spiro atoms. The number of benzene rings is 1. The summed E-state index contributed by atoms with van der Waals surface area (Å²) >= 11 is 0. The second kappa shape index (κ2) is 8.62. The van der Waals surface area contributed by atoms with Crippen molar-refractivity contribution in [3.05, 3.63) is 95.6 Å². The molecule has 3 rings (SSSR count). The number of allylic oxidation sites excluding steroid dienone is 2. The van der Waals surface area contributed by atoms with Gasteiger partial charge in [-0.25, -0.2) is 4.98 Å². The Bertz CT molecular complexity index is 938. The molecule has 1 aromatic carbocycles. The zero-order chi connectivity index (χ0) is 19.1. The molecule has 4 N–H and O–H groups in total. The highest BCUT2D eigenvalue weighted by Crippen LogP contribution is 2.16. The number of aromatic nitrogens is 2. The first-order valence-corrected chi connectivity index (χ1v) is 8.44. The minimum absolute atomic E-state index is 0.195. The van der Waals surface area contributed by atoms with Crippen LogP contribution in [0.4, 0.5) is 5.82 Å². The van der Waals surface area contributed by atoms with Gasteiger partial charge in [-0.1, -0.05) is 18.2 Å². The number of nitrogens with two attached hydrogens (primary N) is 2. The highest BCUT2D eigenvalue weighted by Gasteiger charge is 2.08. The molecule has 3 aromatic rings. The van der Waals surface area contributed by atoms with Gasteiger partial charge in [-0.2, -0.15) is 0 Å². The molecule has 2 heterocycles. The van der Waals surface area contributed by atoms with Gasteiger partial charge in [-0.3, -0.25) is 9.78 Å². The lowest BCUT2D eigenvalue weighted by atomic mass is 10.1. The number of pyridine rings is 2. The van der Waals surface area contributed by atoms with Gasteiger partial charge in [0, 0.05) is 30.6 Å². The van der Waals surface area contributed by atoms with Gasteiger partial charge in [-0.05, 0) is 42.0 Å². The fourth-order valence-corrected chi connectivity index (χ4v) is 2.50. The van der Waals surface area contributed by atoms with Gasteiger partial charge in [0.05, 0.1) is 11.3 Å². The number of anilines is 1. The van der Waals surface area contributed by atoms with E-state index in [-0.39, 0.29) is 11.6 Å². The number of carbonyl (C=O) groups is 1. The van der Waals surface area contributed by atoms with E-state index >= 15 is 0 Å². The molecule has 0 atom stereocenters. The van der Waals surface area contributed by atoms with E-state index in [0.29, 0.717) is 24.3 Å². The molecule has 0 aliphatic carbocycles. The third kappa shape index (κ3) is 5.15. The van der Waals surface area contributed by atoms with Crippen LogP contribution in [0.25, 0.3) is 0 Å². The quantitative estimate of drug-likeness (QED) is 0.496. The Labute approximate surface area is 157 Å². The number of hydrogen-bond donors (Lipinski definition) is 2. The fraction of sp³-hybridized carbons (Fsp3) is 0.0952. The van der Waals surface area contributed by atoms with Crippen LogP contribution in [0, 0.1) is 0 Å². The number of nitrogens with zero attached hydrogens (tertiary/aromatic N) is 2. The Kier molecular flexibility index (Phi) is 5.79. The zero-order valence-electron chi connectivity index (χ0n) is 14.7. The number of rotatable bonds is 7. The first kappa shape index (κ1) is 18.1. The Balaban J connectivity index is 1.59. The number of carbonyl (C=O) groups excluding carboxylic acids is 1. The zero-order valence-corrected chi connectivity index (χ0v) is 14.7. The van der Waals surface area contributed by atoms with Gasteiger partial charge in [0.1, 0.15) is 18.2 Å². The highest BCUT2D eigenvalue weighted by molar-refractivity contribution is 6.07. The molecular weight excluding hydrogens is 340 g/mol. The molecule has 0 aliphatic rings. The number of ether oxygens (including phenoxy) is 1. The molecule has 0 bridgehead atoms. The van der Waals surface area contributed by atoms with Crippen molar-refractivity contribution < 1.29 is 9.53 Å². The summed E-state index contributed by atoms with van der Waals surface area (Å²) < 4.78 is 5.70. The third-order valence-electron chi connectivity index (χ3n) is 3.86. The van der Waals surface area contributed by atoms with Gasteiger partial charge in [0.2, 0.25) is 0 Å². The molecule has 6 nitrogen and oxygen atoms in total. The van der Waals surface area contributed by atoms with Crippen LogP contribution in [-0.2, 0) is 13.0 Å². The van der Waals surface area contributed by atoms with E-state index in [1.54, 1.807) is 18.3 Å². The largest absolute Gasteiger partial charge is 0.487 e. The van der Waals surface area contributed by atoms with Crippen LogP contribution in [0.5, 0.6) is 5.75 Å². The van der Waals surface area contributed by atoms with Crippen molar-refractivity contribution in [3.8, 4) is 5.75 Å². The maximum Gasteiger partial charge on any atom is 0.191 e. The van der Waals surface area contributed by atoms with E-state index in [9.17, 15) is 4.79 Å². The van der Waals surface area contributed by atoms with E-state index in [4.69, 9.17) is 16.2 Å². The van der Waals surface area contributed by atoms with Crippen LogP contribution in [0.2, 0.25) is 0 Å². The Hall–Kier alpha value is -3.67. The molecule has 0 saturated heterocycles. The summed E-state index contributed by atoms with van der Waals surface area (Å²) in [4.78, 5) is 20.4. The van der Waals surface area contributed by atoms with Crippen molar-refractivity contribution >= 4 is 11.6 Å². The normalized spacial score (nSPS) is 11.2. The molecule has 136 valence electrons. The predicted molar refractivity (Wildman–Crippen MR) is 104 cm³/mol. The SMILES string of the molecule is NC(=CC(=O)c1cccnc1N)Cc1ccc(OCc2ccccn2)cc1. The summed E-state index contributed by atoms with van der Waals surface area (Å²) in [5, 5.41) is 0. The van der Waals surface area contributed by atoms with Crippen LogP contribution < -0.4 is 16.2 Å².